The quantitative estimate of drug-likeness (QED) is 0.0320. The molecule has 73 heavy (non-hydrogen) atoms. The van der Waals surface area contributed by atoms with E-state index in [9.17, 15) is 19.8 Å². The van der Waals surface area contributed by atoms with Crippen LogP contribution in [-0.2, 0) is 14.3 Å². The van der Waals surface area contributed by atoms with Crippen LogP contribution in [0.1, 0.15) is 354 Å². The summed E-state index contributed by atoms with van der Waals surface area (Å²) in [7, 11) is 0. The Morgan fingerprint density at radius 1 is 0.384 bits per heavy atom. The zero-order valence-electron chi connectivity index (χ0n) is 49.1. The highest BCUT2D eigenvalue weighted by atomic mass is 16.5. The predicted octanol–water partition coefficient (Wildman–Crippen LogP) is 20.8. The molecule has 3 N–H and O–H groups in total. The summed E-state index contributed by atoms with van der Waals surface area (Å²) >= 11 is 0. The third-order valence-electron chi connectivity index (χ3n) is 15.2. The molecular formula is C67H127NO5. The van der Waals surface area contributed by atoms with E-state index in [1.807, 2.05) is 6.08 Å². The molecule has 0 saturated carbocycles. The van der Waals surface area contributed by atoms with Crippen LogP contribution in [-0.4, -0.2) is 47.4 Å². The monoisotopic (exact) mass is 1030 g/mol. The van der Waals surface area contributed by atoms with Gasteiger partial charge >= 0.3 is 5.97 Å². The third kappa shape index (κ3) is 59.2. The average Bonchev–Trinajstić information content (AvgIpc) is 3.39. The Balaban J connectivity index is 3.39. The molecule has 0 fully saturated rings. The first kappa shape index (κ1) is 71.1. The van der Waals surface area contributed by atoms with Crippen LogP contribution in [0.25, 0.3) is 0 Å². The van der Waals surface area contributed by atoms with E-state index in [-0.39, 0.29) is 18.5 Å². The van der Waals surface area contributed by atoms with Crippen LogP contribution in [0.3, 0.4) is 0 Å². The molecule has 6 heteroatoms. The minimum Gasteiger partial charge on any atom is -0.466 e. The van der Waals surface area contributed by atoms with E-state index in [2.05, 4.69) is 43.5 Å². The summed E-state index contributed by atoms with van der Waals surface area (Å²) in [5, 5.41) is 23.2. The van der Waals surface area contributed by atoms with E-state index in [4.69, 9.17) is 4.74 Å². The van der Waals surface area contributed by atoms with Crippen LogP contribution >= 0.6 is 0 Å². The fraction of sp³-hybridized carbons (Fsp3) is 0.881. The molecule has 0 spiro atoms. The number of ether oxygens (including phenoxy) is 1. The van der Waals surface area contributed by atoms with Crippen LogP contribution in [0, 0.1) is 0 Å². The highest BCUT2D eigenvalue weighted by molar-refractivity contribution is 5.76. The molecule has 0 radical (unpaired) electrons. The number of allylic oxidation sites excluding steroid dienone is 5. The lowest BCUT2D eigenvalue weighted by molar-refractivity contribution is -0.143. The van der Waals surface area contributed by atoms with Crippen LogP contribution in [0.15, 0.2) is 36.5 Å². The number of rotatable bonds is 61. The molecule has 0 aromatic carbocycles. The van der Waals surface area contributed by atoms with Gasteiger partial charge in [-0.3, -0.25) is 9.59 Å². The number of nitrogens with one attached hydrogen (secondary N) is 1. The van der Waals surface area contributed by atoms with E-state index in [1.54, 1.807) is 6.08 Å². The van der Waals surface area contributed by atoms with Crippen molar-refractivity contribution in [3.63, 3.8) is 0 Å². The van der Waals surface area contributed by atoms with Gasteiger partial charge in [0.15, 0.2) is 0 Å². The Bertz CT molecular complexity index is 1180. The highest BCUT2D eigenvalue weighted by Gasteiger charge is 2.18. The summed E-state index contributed by atoms with van der Waals surface area (Å²) in [6, 6.07) is -0.627. The van der Waals surface area contributed by atoms with Gasteiger partial charge in [-0.2, -0.15) is 0 Å². The van der Waals surface area contributed by atoms with Gasteiger partial charge in [0.1, 0.15) is 0 Å². The summed E-state index contributed by atoms with van der Waals surface area (Å²) in [4.78, 5) is 24.6. The molecule has 0 rings (SSSR count). The Hall–Kier alpha value is -1.92. The number of carbonyl (C=O) groups excluding carboxylic acids is 2. The molecule has 0 saturated heterocycles. The molecule has 2 atom stereocenters. The zero-order chi connectivity index (χ0) is 52.9. The van der Waals surface area contributed by atoms with Gasteiger partial charge < -0.3 is 20.3 Å². The smallest absolute Gasteiger partial charge is 0.305 e. The lowest BCUT2D eigenvalue weighted by atomic mass is 10.0. The molecule has 0 aromatic heterocycles. The molecule has 1 amide bonds. The van der Waals surface area contributed by atoms with Crippen LogP contribution in [0.2, 0.25) is 0 Å². The number of aliphatic hydroxyl groups excluding tert-OH is 2. The van der Waals surface area contributed by atoms with Gasteiger partial charge in [0.2, 0.25) is 5.91 Å². The first-order valence-electron chi connectivity index (χ1n) is 32.8. The first-order valence-corrected chi connectivity index (χ1v) is 32.8. The van der Waals surface area contributed by atoms with E-state index >= 15 is 0 Å². The number of carbonyl (C=O) groups is 2. The second-order valence-corrected chi connectivity index (χ2v) is 22.5. The molecule has 6 nitrogen and oxygen atoms in total. The van der Waals surface area contributed by atoms with Crippen LogP contribution in [0.4, 0.5) is 0 Å². The third-order valence-corrected chi connectivity index (χ3v) is 15.2. The maximum absolute atomic E-state index is 12.5. The Morgan fingerprint density at radius 3 is 1.05 bits per heavy atom. The van der Waals surface area contributed by atoms with Crippen molar-refractivity contribution in [1.82, 2.24) is 5.32 Å². The van der Waals surface area contributed by atoms with Gasteiger partial charge in [-0.05, 0) is 64.2 Å². The van der Waals surface area contributed by atoms with Crippen molar-refractivity contribution in [2.45, 2.75) is 366 Å². The van der Waals surface area contributed by atoms with Gasteiger partial charge in [-0.15, -0.1) is 0 Å². The van der Waals surface area contributed by atoms with E-state index in [0.29, 0.717) is 19.4 Å². The lowest BCUT2D eigenvalue weighted by Gasteiger charge is -2.20. The number of aliphatic hydroxyl groups is 2. The second kappa shape index (κ2) is 62.6. The van der Waals surface area contributed by atoms with Crippen molar-refractivity contribution in [3.8, 4) is 0 Å². The number of unbranched alkanes of at least 4 members (excludes halogenated alkanes) is 46. The van der Waals surface area contributed by atoms with Crippen molar-refractivity contribution in [3.05, 3.63) is 36.5 Å². The number of amides is 1. The molecule has 430 valence electrons. The highest BCUT2D eigenvalue weighted by Crippen LogP contribution is 2.18. The van der Waals surface area contributed by atoms with Gasteiger partial charge in [-0.25, -0.2) is 0 Å². The SMILES string of the molecule is CCCCCC/C=C\C/C=C\CCCCCCCC(=O)OCCCCCCCCCCCCCCCCCCCCCCCCCCC(=O)NC(CO)C(O)/C=C/CCCCCCCCCCCCCCCC. The van der Waals surface area contributed by atoms with Crippen molar-refractivity contribution in [1.29, 1.82) is 0 Å². The topological polar surface area (TPSA) is 95.9 Å². The van der Waals surface area contributed by atoms with Gasteiger partial charge in [0.25, 0.3) is 0 Å². The molecular weight excluding hydrogens is 899 g/mol. The van der Waals surface area contributed by atoms with E-state index in [0.717, 1.165) is 51.4 Å². The number of hydrogen-bond acceptors (Lipinski definition) is 5. The molecule has 0 heterocycles. The summed E-state index contributed by atoms with van der Waals surface area (Å²) in [6.07, 6.45) is 79.1. The number of esters is 1. The minimum atomic E-state index is -0.844. The summed E-state index contributed by atoms with van der Waals surface area (Å²) in [6.45, 7) is 4.90. The normalized spacial score (nSPS) is 12.8. The second-order valence-electron chi connectivity index (χ2n) is 22.5. The summed E-state index contributed by atoms with van der Waals surface area (Å²) in [5.41, 5.74) is 0. The molecule has 0 aliphatic carbocycles. The van der Waals surface area contributed by atoms with E-state index < -0.39 is 12.1 Å². The molecule has 2 unspecified atom stereocenters. The maximum atomic E-state index is 12.5. The van der Waals surface area contributed by atoms with Crippen LogP contribution in [0.5, 0.6) is 0 Å². The van der Waals surface area contributed by atoms with Gasteiger partial charge in [0.05, 0.1) is 25.4 Å². The van der Waals surface area contributed by atoms with Crippen molar-refractivity contribution < 1.29 is 24.5 Å². The molecule has 0 aliphatic rings. The van der Waals surface area contributed by atoms with E-state index in [1.165, 1.54) is 276 Å². The maximum Gasteiger partial charge on any atom is 0.305 e. The Labute approximate surface area is 455 Å². The van der Waals surface area contributed by atoms with Crippen molar-refractivity contribution >= 4 is 11.9 Å². The Morgan fingerprint density at radius 2 is 0.685 bits per heavy atom. The first-order chi connectivity index (χ1) is 36.0. The molecule has 0 aliphatic heterocycles. The largest absolute Gasteiger partial charge is 0.466 e. The lowest BCUT2D eigenvalue weighted by Crippen LogP contribution is -2.45. The van der Waals surface area contributed by atoms with Gasteiger partial charge in [0, 0.05) is 12.8 Å². The molecule has 0 bridgehead atoms. The Kier molecular flexibility index (Phi) is 61.0. The zero-order valence-corrected chi connectivity index (χ0v) is 49.1. The standard InChI is InChI=1S/C67H127NO5/c1-3-5-7-9-11-13-15-17-19-31-35-39-43-47-51-55-59-65(70)64(63-69)68-66(71)60-56-52-48-44-40-36-32-29-27-25-23-21-22-24-26-28-30-34-38-42-46-50-54-58-62-73-67(72)61-57-53-49-45-41-37-33-20-18-16-14-12-10-8-6-4-2/h14,16,20,33,55,59,64-65,69-70H,3-13,15,17-19,21-32,34-54,56-58,60-63H2,1-2H3,(H,68,71)/b16-14-,33-20-,59-55+. The van der Waals surface area contributed by atoms with Crippen LogP contribution < -0.4 is 5.32 Å². The minimum absolute atomic E-state index is 0.00169. The summed E-state index contributed by atoms with van der Waals surface area (Å²) < 4.78 is 5.49. The van der Waals surface area contributed by atoms with Gasteiger partial charge in [-0.1, -0.05) is 314 Å². The van der Waals surface area contributed by atoms with Crippen molar-refractivity contribution in [2.24, 2.45) is 0 Å². The van der Waals surface area contributed by atoms with Crippen molar-refractivity contribution in [2.75, 3.05) is 13.2 Å². The fourth-order valence-corrected chi connectivity index (χ4v) is 10.1. The fourth-order valence-electron chi connectivity index (χ4n) is 10.1. The number of hydrogen-bond donors (Lipinski definition) is 3. The average molecular weight is 1030 g/mol. The summed E-state index contributed by atoms with van der Waals surface area (Å²) in [5.74, 6) is -0.0634. The molecule has 0 aromatic rings. The predicted molar refractivity (Wildman–Crippen MR) is 319 cm³/mol.